The van der Waals surface area contributed by atoms with E-state index in [9.17, 15) is 18.0 Å². The number of aryl methyl sites for hydroxylation is 1. The van der Waals surface area contributed by atoms with Gasteiger partial charge in [-0.1, -0.05) is 12.1 Å². The molecule has 7 heteroatoms. The maximum absolute atomic E-state index is 12.0. The molecule has 0 atom stereocenters. The van der Waals surface area contributed by atoms with Gasteiger partial charge in [-0.05, 0) is 31.2 Å². The average Bonchev–Trinajstić information content (AvgIpc) is 2.27. The largest absolute Gasteiger partial charge is 0.389 e. The van der Waals surface area contributed by atoms with Gasteiger partial charge in [0.25, 0.3) is 0 Å². The summed E-state index contributed by atoms with van der Waals surface area (Å²) in [6.45, 7) is 0.190. The van der Waals surface area contributed by atoms with Gasteiger partial charge in [0, 0.05) is 12.1 Å². The molecule has 0 aromatic heterocycles. The molecule has 0 spiro atoms. The Balaban J connectivity index is 0.00000324. The highest BCUT2D eigenvalue weighted by Crippen LogP contribution is 2.22. The monoisotopic (exact) mass is 296 g/mol. The van der Waals surface area contributed by atoms with E-state index in [-0.39, 0.29) is 31.3 Å². The minimum atomic E-state index is -4.14. The number of alkyl halides is 3. The Labute approximate surface area is 116 Å². The lowest BCUT2D eigenvalue weighted by molar-refractivity contribution is -0.134. The van der Waals surface area contributed by atoms with Crippen LogP contribution < -0.4 is 10.6 Å². The van der Waals surface area contributed by atoms with Gasteiger partial charge < -0.3 is 10.6 Å². The molecule has 0 saturated carbocycles. The van der Waals surface area contributed by atoms with Crippen LogP contribution in [0.1, 0.15) is 12.0 Å². The highest BCUT2D eigenvalue weighted by atomic mass is 35.5. The van der Waals surface area contributed by atoms with Crippen molar-refractivity contribution in [2.45, 2.75) is 19.0 Å². The molecule has 108 valence electrons. The van der Waals surface area contributed by atoms with E-state index in [4.69, 9.17) is 0 Å². The van der Waals surface area contributed by atoms with Gasteiger partial charge in [-0.2, -0.15) is 13.2 Å². The van der Waals surface area contributed by atoms with Crippen LogP contribution in [0.15, 0.2) is 24.3 Å². The number of carbonyl (C=O) groups is 1. The number of halogens is 4. The van der Waals surface area contributed by atoms with Crippen molar-refractivity contribution < 1.29 is 18.0 Å². The van der Waals surface area contributed by atoms with E-state index in [0.717, 1.165) is 0 Å². The predicted octanol–water partition coefficient (Wildman–Crippen LogP) is 2.76. The molecule has 1 rings (SSSR count). The number of likely N-dealkylation sites (N-methyl/N-ethyl adjacent to an activating group) is 1. The summed E-state index contributed by atoms with van der Waals surface area (Å²) in [7, 11) is 1.65. The summed E-state index contributed by atoms with van der Waals surface area (Å²) in [4.78, 5) is 11.2. The third-order valence-electron chi connectivity index (χ3n) is 2.27. The molecule has 0 fully saturated rings. The zero-order chi connectivity index (χ0) is 13.6. The van der Waals surface area contributed by atoms with Crippen LogP contribution in [0.4, 0.5) is 18.9 Å². The van der Waals surface area contributed by atoms with Crippen molar-refractivity contribution in [1.29, 1.82) is 0 Å². The minimum absolute atomic E-state index is 0. The summed E-state index contributed by atoms with van der Waals surface area (Å²) in [5.41, 5.74) is 1.17. The van der Waals surface area contributed by atoms with Crippen LogP contribution in [-0.4, -0.2) is 25.7 Å². The quantitative estimate of drug-likeness (QED) is 0.877. The molecule has 3 nitrogen and oxygen atoms in total. The molecular weight excluding hydrogens is 281 g/mol. The average molecular weight is 297 g/mol. The Hall–Kier alpha value is -1.27. The fourth-order valence-electron chi connectivity index (χ4n) is 1.41. The fraction of sp³-hybridized carbons (Fsp3) is 0.417. The maximum Gasteiger partial charge on any atom is 0.389 e. The lowest BCUT2D eigenvalue weighted by Crippen LogP contribution is -2.24. The topological polar surface area (TPSA) is 41.1 Å². The number of hydrogen-bond donors (Lipinski definition) is 2. The summed E-state index contributed by atoms with van der Waals surface area (Å²) in [5.74, 6) is -0.194. The molecule has 1 aromatic carbocycles. The fourth-order valence-corrected chi connectivity index (χ4v) is 1.41. The maximum atomic E-state index is 12.0. The van der Waals surface area contributed by atoms with Gasteiger partial charge in [-0.15, -0.1) is 12.4 Å². The first kappa shape index (κ1) is 17.7. The highest BCUT2D eigenvalue weighted by Gasteiger charge is 2.26. The van der Waals surface area contributed by atoms with Gasteiger partial charge in [0.1, 0.15) is 0 Å². The zero-order valence-corrected chi connectivity index (χ0v) is 11.2. The number of benzene rings is 1. The zero-order valence-electron chi connectivity index (χ0n) is 10.4. The van der Waals surface area contributed by atoms with Gasteiger partial charge in [0.05, 0.1) is 6.54 Å². The van der Waals surface area contributed by atoms with Crippen molar-refractivity contribution >= 4 is 24.0 Å². The number of hydrogen-bond acceptors (Lipinski definition) is 2. The van der Waals surface area contributed by atoms with Crippen LogP contribution in [-0.2, 0) is 11.2 Å². The summed E-state index contributed by atoms with van der Waals surface area (Å²) in [6.07, 6.45) is -5.02. The second-order valence-corrected chi connectivity index (χ2v) is 3.89. The van der Waals surface area contributed by atoms with Gasteiger partial charge in [0.2, 0.25) is 5.91 Å². The summed E-state index contributed by atoms with van der Waals surface area (Å²) in [6, 6.07) is 6.36. The molecule has 19 heavy (non-hydrogen) atoms. The van der Waals surface area contributed by atoms with Crippen LogP contribution in [0.3, 0.4) is 0 Å². The summed E-state index contributed by atoms with van der Waals surface area (Å²) in [5, 5.41) is 5.32. The Morgan fingerprint density at radius 3 is 2.26 bits per heavy atom. The van der Waals surface area contributed by atoms with Crippen molar-refractivity contribution in [1.82, 2.24) is 5.32 Å². The Morgan fingerprint density at radius 1 is 1.21 bits per heavy atom. The molecule has 0 aliphatic rings. The number of amides is 1. The lowest BCUT2D eigenvalue weighted by Gasteiger charge is -2.08. The van der Waals surface area contributed by atoms with Gasteiger partial charge in [-0.25, -0.2) is 0 Å². The second-order valence-electron chi connectivity index (χ2n) is 3.89. The van der Waals surface area contributed by atoms with E-state index < -0.39 is 12.6 Å². The SMILES string of the molecule is CNCC(=O)Nc1ccc(CCC(F)(F)F)cc1.Cl. The standard InChI is InChI=1S/C12H15F3N2O.ClH/c1-16-8-11(18)17-10-4-2-9(3-5-10)6-7-12(13,14)15;/h2-5,16H,6-8H2,1H3,(H,17,18);1H. The van der Waals surface area contributed by atoms with Crippen LogP contribution in [0.2, 0.25) is 0 Å². The predicted molar refractivity (Wildman–Crippen MR) is 70.6 cm³/mol. The van der Waals surface area contributed by atoms with Gasteiger partial charge in [-0.3, -0.25) is 4.79 Å². The molecule has 2 N–H and O–H groups in total. The Bertz CT molecular complexity index is 393. The van der Waals surface area contributed by atoms with Crippen molar-refractivity contribution in [2.75, 3.05) is 18.9 Å². The van der Waals surface area contributed by atoms with Crippen LogP contribution in [0, 0.1) is 0 Å². The third-order valence-corrected chi connectivity index (χ3v) is 2.27. The minimum Gasteiger partial charge on any atom is -0.325 e. The van der Waals surface area contributed by atoms with Crippen molar-refractivity contribution in [3.05, 3.63) is 29.8 Å². The van der Waals surface area contributed by atoms with Crippen LogP contribution in [0.5, 0.6) is 0 Å². The van der Waals surface area contributed by atoms with Crippen molar-refractivity contribution in [3.8, 4) is 0 Å². The van der Waals surface area contributed by atoms with Crippen LogP contribution >= 0.6 is 12.4 Å². The van der Waals surface area contributed by atoms with Crippen LogP contribution in [0.25, 0.3) is 0 Å². The van der Waals surface area contributed by atoms with E-state index in [1.807, 2.05) is 0 Å². The molecule has 0 unspecified atom stereocenters. The van der Waals surface area contributed by atoms with Crippen molar-refractivity contribution in [3.63, 3.8) is 0 Å². The molecule has 0 radical (unpaired) electrons. The highest BCUT2D eigenvalue weighted by molar-refractivity contribution is 5.92. The molecule has 0 aliphatic heterocycles. The first-order chi connectivity index (χ1) is 8.40. The molecule has 0 heterocycles. The Morgan fingerprint density at radius 2 is 1.79 bits per heavy atom. The molecular formula is C12H16ClF3N2O. The van der Waals surface area contributed by atoms with E-state index >= 15 is 0 Å². The normalized spacial score (nSPS) is 10.7. The van der Waals surface area contributed by atoms with E-state index in [1.54, 1.807) is 31.3 Å². The molecule has 1 aromatic rings. The van der Waals surface area contributed by atoms with E-state index in [0.29, 0.717) is 11.3 Å². The molecule has 0 bridgehead atoms. The molecule has 0 aliphatic carbocycles. The second kappa shape index (κ2) is 8.01. The Kier molecular flexibility index (Phi) is 7.48. The number of rotatable bonds is 5. The van der Waals surface area contributed by atoms with Gasteiger partial charge >= 0.3 is 6.18 Å². The summed E-state index contributed by atoms with van der Waals surface area (Å²) < 4.78 is 36.0. The van der Waals surface area contributed by atoms with E-state index in [2.05, 4.69) is 10.6 Å². The number of nitrogens with one attached hydrogen (secondary N) is 2. The van der Waals surface area contributed by atoms with Gasteiger partial charge in [0.15, 0.2) is 0 Å². The first-order valence-electron chi connectivity index (χ1n) is 5.51. The third kappa shape index (κ3) is 7.69. The molecule has 1 amide bonds. The number of anilines is 1. The van der Waals surface area contributed by atoms with Crippen molar-refractivity contribution in [2.24, 2.45) is 0 Å². The summed E-state index contributed by atoms with van der Waals surface area (Å²) >= 11 is 0. The smallest absolute Gasteiger partial charge is 0.325 e. The molecule has 0 saturated heterocycles. The number of carbonyl (C=O) groups excluding carboxylic acids is 1. The lowest BCUT2D eigenvalue weighted by atomic mass is 10.1. The van der Waals surface area contributed by atoms with E-state index in [1.165, 1.54) is 0 Å². The first-order valence-corrected chi connectivity index (χ1v) is 5.51.